The molecule has 0 saturated heterocycles. The Hall–Kier alpha value is -2.75. The molecule has 0 aliphatic heterocycles. The van der Waals surface area contributed by atoms with Crippen molar-refractivity contribution >= 4 is 16.8 Å². The number of carbonyl (C=O) groups excluding carboxylic acids is 1. The summed E-state index contributed by atoms with van der Waals surface area (Å²) in [6.45, 7) is 2.29. The SMILES string of the molecule is CC1CCC(NC(=O)c2cc(-c3ccncc3)nc3ccccc23)CC1. The summed E-state index contributed by atoms with van der Waals surface area (Å²) in [5.41, 5.74) is 3.30. The molecule has 1 N–H and O–H groups in total. The Morgan fingerprint density at radius 1 is 1.04 bits per heavy atom. The van der Waals surface area contributed by atoms with Crippen LogP contribution in [0.1, 0.15) is 43.0 Å². The van der Waals surface area contributed by atoms with Gasteiger partial charge in [0.15, 0.2) is 0 Å². The molecule has 0 spiro atoms. The molecule has 4 heteroatoms. The number of carbonyl (C=O) groups is 1. The Kier molecular flexibility index (Phi) is 4.65. The van der Waals surface area contributed by atoms with Crippen LogP contribution in [0.2, 0.25) is 0 Å². The number of amides is 1. The first-order chi connectivity index (χ1) is 12.7. The van der Waals surface area contributed by atoms with Gasteiger partial charge < -0.3 is 5.32 Å². The van der Waals surface area contributed by atoms with Gasteiger partial charge in [-0.05, 0) is 55.9 Å². The predicted octanol–water partition coefficient (Wildman–Crippen LogP) is 4.61. The normalized spacial score (nSPS) is 20.0. The van der Waals surface area contributed by atoms with Crippen LogP contribution in [0.15, 0.2) is 54.9 Å². The van der Waals surface area contributed by atoms with E-state index in [0.29, 0.717) is 5.56 Å². The fraction of sp³-hybridized carbons (Fsp3) is 0.318. The molecule has 1 amide bonds. The van der Waals surface area contributed by atoms with Gasteiger partial charge in [0.25, 0.3) is 5.91 Å². The van der Waals surface area contributed by atoms with E-state index in [1.165, 1.54) is 12.8 Å². The first-order valence-electron chi connectivity index (χ1n) is 9.32. The number of rotatable bonds is 3. The molecule has 4 rings (SSSR count). The summed E-state index contributed by atoms with van der Waals surface area (Å²) in [6, 6.07) is 13.8. The van der Waals surface area contributed by atoms with Gasteiger partial charge in [-0.15, -0.1) is 0 Å². The number of para-hydroxylation sites is 1. The minimum atomic E-state index is -0.00143. The molecule has 0 atom stereocenters. The lowest BCUT2D eigenvalue weighted by molar-refractivity contribution is 0.0924. The number of pyridine rings is 2. The minimum Gasteiger partial charge on any atom is -0.349 e. The smallest absolute Gasteiger partial charge is 0.252 e. The van der Waals surface area contributed by atoms with Crippen LogP contribution in [0.3, 0.4) is 0 Å². The highest BCUT2D eigenvalue weighted by molar-refractivity contribution is 6.07. The van der Waals surface area contributed by atoms with Crippen molar-refractivity contribution in [1.82, 2.24) is 15.3 Å². The molecule has 0 unspecified atom stereocenters. The zero-order valence-corrected chi connectivity index (χ0v) is 15.0. The number of aromatic nitrogens is 2. The van der Waals surface area contributed by atoms with Gasteiger partial charge in [0.2, 0.25) is 0 Å². The van der Waals surface area contributed by atoms with Gasteiger partial charge in [0, 0.05) is 29.4 Å². The van der Waals surface area contributed by atoms with Crippen molar-refractivity contribution in [3.8, 4) is 11.3 Å². The summed E-state index contributed by atoms with van der Waals surface area (Å²) in [5, 5.41) is 4.14. The van der Waals surface area contributed by atoms with Crippen LogP contribution in [0.25, 0.3) is 22.2 Å². The standard InChI is InChI=1S/C22H23N3O/c1-15-6-8-17(9-7-15)24-22(26)19-14-21(16-10-12-23-13-11-16)25-20-5-3-2-4-18(19)20/h2-5,10-15,17H,6-9H2,1H3,(H,24,26). The maximum atomic E-state index is 13.0. The fourth-order valence-corrected chi connectivity index (χ4v) is 3.70. The van der Waals surface area contributed by atoms with E-state index in [4.69, 9.17) is 4.98 Å². The van der Waals surface area contributed by atoms with Crippen molar-refractivity contribution in [1.29, 1.82) is 0 Å². The van der Waals surface area contributed by atoms with Gasteiger partial charge in [0.05, 0.1) is 16.8 Å². The van der Waals surface area contributed by atoms with Crippen LogP contribution in [0.5, 0.6) is 0 Å². The molecule has 2 heterocycles. The van der Waals surface area contributed by atoms with Crippen LogP contribution in [0.4, 0.5) is 0 Å². The molecule has 0 radical (unpaired) electrons. The highest BCUT2D eigenvalue weighted by Gasteiger charge is 2.21. The van der Waals surface area contributed by atoms with E-state index in [1.807, 2.05) is 42.5 Å². The lowest BCUT2D eigenvalue weighted by Gasteiger charge is -2.27. The average Bonchev–Trinajstić information content (AvgIpc) is 2.69. The molecule has 2 aromatic heterocycles. The summed E-state index contributed by atoms with van der Waals surface area (Å²) < 4.78 is 0. The fourth-order valence-electron chi connectivity index (χ4n) is 3.70. The van der Waals surface area contributed by atoms with E-state index < -0.39 is 0 Å². The Morgan fingerprint density at radius 2 is 1.77 bits per heavy atom. The van der Waals surface area contributed by atoms with E-state index >= 15 is 0 Å². The Balaban J connectivity index is 1.70. The lowest BCUT2D eigenvalue weighted by atomic mass is 9.87. The molecular formula is C22H23N3O. The van der Waals surface area contributed by atoms with Crippen LogP contribution in [0, 0.1) is 5.92 Å². The van der Waals surface area contributed by atoms with Gasteiger partial charge in [-0.25, -0.2) is 4.98 Å². The molecule has 4 nitrogen and oxygen atoms in total. The van der Waals surface area contributed by atoms with E-state index in [-0.39, 0.29) is 11.9 Å². The van der Waals surface area contributed by atoms with E-state index in [1.54, 1.807) is 12.4 Å². The van der Waals surface area contributed by atoms with Crippen LogP contribution in [-0.2, 0) is 0 Å². The number of nitrogens with one attached hydrogen (secondary N) is 1. The van der Waals surface area contributed by atoms with E-state index in [2.05, 4.69) is 17.2 Å². The molecular weight excluding hydrogens is 322 g/mol. The molecule has 1 fully saturated rings. The second-order valence-electron chi connectivity index (χ2n) is 7.24. The van der Waals surface area contributed by atoms with Gasteiger partial charge in [-0.1, -0.05) is 25.1 Å². The summed E-state index contributed by atoms with van der Waals surface area (Å²) >= 11 is 0. The molecule has 3 aromatic rings. The molecule has 26 heavy (non-hydrogen) atoms. The van der Waals surface area contributed by atoms with Gasteiger partial charge >= 0.3 is 0 Å². The van der Waals surface area contributed by atoms with Crippen molar-refractivity contribution in [2.24, 2.45) is 5.92 Å². The highest BCUT2D eigenvalue weighted by atomic mass is 16.1. The molecule has 1 aliphatic carbocycles. The Bertz CT molecular complexity index is 915. The van der Waals surface area contributed by atoms with Gasteiger partial charge in [-0.2, -0.15) is 0 Å². The largest absolute Gasteiger partial charge is 0.349 e. The number of benzene rings is 1. The number of hydrogen-bond donors (Lipinski definition) is 1. The minimum absolute atomic E-state index is 0.00143. The first-order valence-corrected chi connectivity index (χ1v) is 9.32. The number of nitrogens with zero attached hydrogens (tertiary/aromatic N) is 2. The second kappa shape index (κ2) is 7.24. The quantitative estimate of drug-likeness (QED) is 0.754. The third-order valence-electron chi connectivity index (χ3n) is 5.29. The van der Waals surface area contributed by atoms with Gasteiger partial charge in [-0.3, -0.25) is 9.78 Å². The van der Waals surface area contributed by atoms with Crippen LogP contribution in [-0.4, -0.2) is 21.9 Å². The Labute approximate surface area is 153 Å². The van der Waals surface area contributed by atoms with Crippen molar-refractivity contribution in [3.05, 3.63) is 60.4 Å². The third-order valence-corrected chi connectivity index (χ3v) is 5.29. The zero-order chi connectivity index (χ0) is 17.9. The van der Waals surface area contributed by atoms with Crippen LogP contribution < -0.4 is 5.32 Å². The molecule has 1 aliphatic rings. The van der Waals surface area contributed by atoms with Crippen molar-refractivity contribution in [2.75, 3.05) is 0 Å². The van der Waals surface area contributed by atoms with E-state index in [9.17, 15) is 4.79 Å². The van der Waals surface area contributed by atoms with Crippen molar-refractivity contribution < 1.29 is 4.79 Å². The Morgan fingerprint density at radius 3 is 2.54 bits per heavy atom. The third kappa shape index (κ3) is 3.45. The summed E-state index contributed by atoms with van der Waals surface area (Å²) in [6.07, 6.45) is 7.99. The lowest BCUT2D eigenvalue weighted by Crippen LogP contribution is -2.37. The second-order valence-corrected chi connectivity index (χ2v) is 7.24. The average molecular weight is 345 g/mol. The van der Waals surface area contributed by atoms with Crippen molar-refractivity contribution in [2.45, 2.75) is 38.6 Å². The summed E-state index contributed by atoms with van der Waals surface area (Å²) in [7, 11) is 0. The molecule has 0 bridgehead atoms. The molecule has 1 aromatic carbocycles. The maximum absolute atomic E-state index is 13.0. The molecule has 132 valence electrons. The van der Waals surface area contributed by atoms with Crippen LogP contribution >= 0.6 is 0 Å². The van der Waals surface area contributed by atoms with Crippen molar-refractivity contribution in [3.63, 3.8) is 0 Å². The predicted molar refractivity (Wildman–Crippen MR) is 104 cm³/mol. The number of fused-ring (bicyclic) bond motifs is 1. The summed E-state index contributed by atoms with van der Waals surface area (Å²) in [5.74, 6) is 0.765. The van der Waals surface area contributed by atoms with Gasteiger partial charge in [0.1, 0.15) is 0 Å². The summed E-state index contributed by atoms with van der Waals surface area (Å²) in [4.78, 5) is 21.8. The topological polar surface area (TPSA) is 54.9 Å². The number of hydrogen-bond acceptors (Lipinski definition) is 3. The first kappa shape index (κ1) is 16.7. The monoisotopic (exact) mass is 345 g/mol. The molecule has 1 saturated carbocycles. The zero-order valence-electron chi connectivity index (χ0n) is 15.0. The highest BCUT2D eigenvalue weighted by Crippen LogP contribution is 2.26. The maximum Gasteiger partial charge on any atom is 0.252 e. The van der Waals surface area contributed by atoms with E-state index in [0.717, 1.165) is 40.9 Å².